The van der Waals surface area contributed by atoms with Crippen LogP contribution in [-0.4, -0.2) is 76.6 Å². The molecule has 190 valence electrons. The lowest BCUT2D eigenvalue weighted by atomic mass is 9.65. The van der Waals surface area contributed by atoms with E-state index >= 15 is 0 Å². The van der Waals surface area contributed by atoms with E-state index in [1.165, 1.54) is 32.2 Å². The Morgan fingerprint density at radius 1 is 1.09 bits per heavy atom. The third kappa shape index (κ3) is 7.29. The molecule has 0 aromatic rings. The number of halogens is 1. The van der Waals surface area contributed by atoms with Crippen molar-refractivity contribution in [3.63, 3.8) is 0 Å². The molecule has 2 amide bonds. The van der Waals surface area contributed by atoms with E-state index in [4.69, 9.17) is 0 Å². The van der Waals surface area contributed by atoms with Gasteiger partial charge in [-0.1, -0.05) is 27.7 Å². The van der Waals surface area contributed by atoms with Crippen molar-refractivity contribution in [1.29, 1.82) is 0 Å². The Labute approximate surface area is 216 Å². The number of nitrogens with one attached hydrogen (secondary N) is 1. The second-order valence-corrected chi connectivity index (χ2v) is 13.5. The zero-order chi connectivity index (χ0) is 24.2. The van der Waals surface area contributed by atoms with Gasteiger partial charge in [0.25, 0.3) is 0 Å². The van der Waals surface area contributed by atoms with Crippen molar-refractivity contribution in [1.82, 2.24) is 18.2 Å². The molecule has 2 aliphatic heterocycles. The number of likely N-dealkylation sites (tertiary alicyclic amines) is 1. The van der Waals surface area contributed by atoms with Gasteiger partial charge in [-0.25, -0.2) is 0 Å². The molecule has 0 radical (unpaired) electrons. The summed E-state index contributed by atoms with van der Waals surface area (Å²) >= 11 is 2.40. The summed E-state index contributed by atoms with van der Waals surface area (Å²) in [5.74, 6) is 1.98. The number of amides is 2. The Hall–Kier alpha value is -0.410. The number of carbonyl (C=O) groups is 2. The maximum absolute atomic E-state index is 13.8. The fourth-order valence-corrected chi connectivity index (χ4v) is 6.83. The quantitative estimate of drug-likeness (QED) is 0.347. The molecule has 6 nitrogen and oxygen atoms in total. The van der Waals surface area contributed by atoms with Gasteiger partial charge in [0.1, 0.15) is 6.04 Å². The van der Waals surface area contributed by atoms with Gasteiger partial charge >= 0.3 is 0 Å². The van der Waals surface area contributed by atoms with Gasteiger partial charge in [-0.3, -0.25) is 12.7 Å². The number of carbonyl (C=O) groups excluding carboxylic acids is 2. The summed E-state index contributed by atoms with van der Waals surface area (Å²) in [6, 6.07) is -0.458. The maximum Gasteiger partial charge on any atom is 0.245 e. The van der Waals surface area contributed by atoms with Gasteiger partial charge in [-0.15, -0.1) is 0 Å². The standard InChI is InChI=1S/C26H47IN4O2/c1-19(2)16-22-24(32)31(15-12-28-22)23(17-20(3)4)25(33)30-13-10-26(11-14-30)8-6-21(7-9-26)18-29(5)27/h19-23,28H,6-18H2,1-5H3/t22-,23-/m0/s1. The van der Waals surface area contributed by atoms with Crippen molar-refractivity contribution >= 4 is 34.7 Å². The predicted octanol–water partition coefficient (Wildman–Crippen LogP) is 4.33. The molecule has 3 aliphatic rings. The number of hydrogen-bond donors (Lipinski definition) is 1. The number of piperazine rings is 1. The molecule has 0 unspecified atom stereocenters. The smallest absolute Gasteiger partial charge is 0.245 e. The molecule has 1 spiro atoms. The minimum absolute atomic E-state index is 0.126. The van der Waals surface area contributed by atoms with Crippen LogP contribution in [-0.2, 0) is 9.59 Å². The Kier molecular flexibility index (Phi) is 9.90. The fraction of sp³-hybridized carbons (Fsp3) is 0.923. The van der Waals surface area contributed by atoms with Crippen LogP contribution in [0.15, 0.2) is 0 Å². The monoisotopic (exact) mass is 574 g/mol. The zero-order valence-electron chi connectivity index (χ0n) is 21.6. The predicted molar refractivity (Wildman–Crippen MR) is 143 cm³/mol. The molecule has 0 aromatic carbocycles. The lowest BCUT2D eigenvalue weighted by Gasteiger charge is -2.47. The summed E-state index contributed by atoms with van der Waals surface area (Å²) in [4.78, 5) is 31.1. The van der Waals surface area contributed by atoms with Crippen LogP contribution in [0.3, 0.4) is 0 Å². The summed E-state index contributed by atoms with van der Waals surface area (Å²) in [7, 11) is 2.16. The summed E-state index contributed by atoms with van der Waals surface area (Å²) in [5, 5.41) is 3.39. The SMILES string of the molecule is CC(C)C[C@@H]1NCCN([C@@H](CC(C)C)C(=O)N2CCC3(CCC(CN(C)I)CC3)CC2)C1=O. The van der Waals surface area contributed by atoms with Crippen molar-refractivity contribution in [2.75, 3.05) is 39.8 Å². The number of rotatable bonds is 8. The minimum Gasteiger partial charge on any atom is -0.341 e. The van der Waals surface area contributed by atoms with Gasteiger partial charge in [0.15, 0.2) is 0 Å². The first-order valence-electron chi connectivity index (χ1n) is 13.3. The van der Waals surface area contributed by atoms with Crippen LogP contribution >= 0.6 is 22.9 Å². The fourth-order valence-electron chi connectivity index (χ4n) is 6.27. The molecular formula is C26H47IN4O2. The number of piperidine rings is 1. The highest BCUT2D eigenvalue weighted by Crippen LogP contribution is 2.46. The van der Waals surface area contributed by atoms with Crippen LogP contribution in [0.4, 0.5) is 0 Å². The Bertz CT molecular complexity index is 651. The largest absolute Gasteiger partial charge is 0.341 e. The first-order valence-corrected chi connectivity index (χ1v) is 14.3. The first-order chi connectivity index (χ1) is 15.6. The molecule has 1 N–H and O–H groups in total. The van der Waals surface area contributed by atoms with E-state index in [2.05, 4.69) is 70.9 Å². The summed E-state index contributed by atoms with van der Waals surface area (Å²) in [6.45, 7) is 13.0. The zero-order valence-corrected chi connectivity index (χ0v) is 23.8. The van der Waals surface area contributed by atoms with E-state index in [1.54, 1.807) is 0 Å². The lowest BCUT2D eigenvalue weighted by molar-refractivity contribution is -0.151. The highest BCUT2D eigenvalue weighted by Gasteiger charge is 2.42. The minimum atomic E-state index is -0.307. The van der Waals surface area contributed by atoms with E-state index in [-0.39, 0.29) is 23.9 Å². The van der Waals surface area contributed by atoms with Gasteiger partial charge in [0.05, 0.1) is 6.04 Å². The molecule has 0 bridgehead atoms. The Morgan fingerprint density at radius 3 is 2.27 bits per heavy atom. The van der Waals surface area contributed by atoms with Gasteiger partial charge in [0.2, 0.25) is 11.8 Å². The van der Waals surface area contributed by atoms with Crippen LogP contribution in [0.25, 0.3) is 0 Å². The van der Waals surface area contributed by atoms with Gasteiger partial charge in [0, 0.05) is 55.6 Å². The average Bonchev–Trinajstić information content (AvgIpc) is 2.75. The maximum atomic E-state index is 13.8. The molecule has 2 heterocycles. The highest BCUT2D eigenvalue weighted by atomic mass is 127. The molecule has 1 saturated carbocycles. The molecule has 2 saturated heterocycles. The first kappa shape index (κ1) is 27.2. The Balaban J connectivity index is 1.61. The number of nitrogens with zero attached hydrogens (tertiary/aromatic N) is 3. The molecular weight excluding hydrogens is 527 g/mol. The summed E-state index contributed by atoms with van der Waals surface area (Å²) < 4.78 is 2.29. The normalized spacial score (nSPS) is 25.5. The van der Waals surface area contributed by atoms with Crippen LogP contribution < -0.4 is 5.32 Å². The van der Waals surface area contributed by atoms with E-state index in [1.807, 2.05) is 4.90 Å². The molecule has 2 atom stereocenters. The Morgan fingerprint density at radius 2 is 1.73 bits per heavy atom. The summed E-state index contributed by atoms with van der Waals surface area (Å²) in [5.41, 5.74) is 0.442. The van der Waals surface area contributed by atoms with E-state index in [0.717, 1.165) is 51.2 Å². The van der Waals surface area contributed by atoms with Crippen LogP contribution in [0.2, 0.25) is 0 Å². The average molecular weight is 575 g/mol. The van der Waals surface area contributed by atoms with Crippen LogP contribution in [0, 0.1) is 23.2 Å². The molecule has 3 rings (SSSR count). The van der Waals surface area contributed by atoms with E-state index in [9.17, 15) is 9.59 Å². The van der Waals surface area contributed by atoms with Crippen molar-refractivity contribution in [2.24, 2.45) is 23.2 Å². The number of hydrogen-bond acceptors (Lipinski definition) is 4. The second-order valence-electron chi connectivity index (χ2n) is 11.9. The molecule has 7 heteroatoms. The van der Waals surface area contributed by atoms with Crippen molar-refractivity contribution in [2.45, 2.75) is 91.1 Å². The molecule has 33 heavy (non-hydrogen) atoms. The lowest BCUT2D eigenvalue weighted by Crippen LogP contribution is -2.62. The van der Waals surface area contributed by atoms with Crippen LogP contribution in [0.1, 0.15) is 79.1 Å². The second kappa shape index (κ2) is 12.0. The van der Waals surface area contributed by atoms with Crippen molar-refractivity contribution < 1.29 is 9.59 Å². The van der Waals surface area contributed by atoms with Gasteiger partial charge in [-0.2, -0.15) is 0 Å². The molecule has 1 aliphatic carbocycles. The third-order valence-electron chi connectivity index (χ3n) is 8.20. The van der Waals surface area contributed by atoms with E-state index in [0.29, 0.717) is 23.8 Å². The van der Waals surface area contributed by atoms with E-state index < -0.39 is 0 Å². The topological polar surface area (TPSA) is 55.9 Å². The summed E-state index contributed by atoms with van der Waals surface area (Å²) in [6.07, 6.45) is 9.12. The molecule has 3 fully saturated rings. The highest BCUT2D eigenvalue weighted by molar-refractivity contribution is 14.1. The van der Waals surface area contributed by atoms with Crippen molar-refractivity contribution in [3.8, 4) is 0 Å². The van der Waals surface area contributed by atoms with Gasteiger partial charge < -0.3 is 15.1 Å². The van der Waals surface area contributed by atoms with Crippen LogP contribution in [0.5, 0.6) is 0 Å². The van der Waals surface area contributed by atoms with Gasteiger partial charge in [-0.05, 0) is 81.6 Å². The third-order valence-corrected chi connectivity index (χ3v) is 8.59. The molecule has 0 aromatic heterocycles. The van der Waals surface area contributed by atoms with Crippen molar-refractivity contribution in [3.05, 3.63) is 0 Å².